The summed E-state index contributed by atoms with van der Waals surface area (Å²) in [6, 6.07) is 8.87. The van der Waals surface area contributed by atoms with Gasteiger partial charge >= 0.3 is 0 Å². The van der Waals surface area contributed by atoms with E-state index in [1.165, 1.54) is 50.0 Å². The summed E-state index contributed by atoms with van der Waals surface area (Å²) in [4.78, 5) is 2.56. The highest BCUT2D eigenvalue weighted by Crippen LogP contribution is 2.30. The minimum Gasteiger partial charge on any atom is -0.371 e. The normalized spacial score (nSPS) is 22.1. The van der Waals surface area contributed by atoms with Crippen LogP contribution in [0.2, 0.25) is 0 Å². The van der Waals surface area contributed by atoms with Crippen molar-refractivity contribution in [2.24, 2.45) is 11.7 Å². The summed E-state index contributed by atoms with van der Waals surface area (Å²) in [6.45, 7) is 6.86. The first-order chi connectivity index (χ1) is 9.26. The van der Waals surface area contributed by atoms with Crippen molar-refractivity contribution in [2.45, 2.75) is 52.0 Å². The largest absolute Gasteiger partial charge is 0.371 e. The van der Waals surface area contributed by atoms with Crippen molar-refractivity contribution < 1.29 is 0 Å². The van der Waals surface area contributed by atoms with Gasteiger partial charge in [0.05, 0.1) is 0 Å². The molecule has 1 aliphatic heterocycles. The monoisotopic (exact) mass is 260 g/mol. The van der Waals surface area contributed by atoms with E-state index in [1.807, 2.05) is 0 Å². The van der Waals surface area contributed by atoms with Gasteiger partial charge in [0.1, 0.15) is 0 Å². The van der Waals surface area contributed by atoms with E-state index < -0.39 is 0 Å². The Morgan fingerprint density at radius 3 is 2.74 bits per heavy atom. The number of hydrogen-bond acceptors (Lipinski definition) is 2. The Morgan fingerprint density at radius 2 is 2.00 bits per heavy atom. The first-order valence-corrected chi connectivity index (χ1v) is 7.85. The predicted octanol–water partition coefficient (Wildman–Crippen LogP) is 4.11. The van der Waals surface area contributed by atoms with Crippen molar-refractivity contribution in [1.82, 2.24) is 0 Å². The number of nitrogens with two attached hydrogens (primary N) is 1. The molecule has 0 saturated carbocycles. The molecule has 1 aromatic carbocycles. The minimum atomic E-state index is 0.168. The lowest BCUT2D eigenvalue weighted by atomic mass is 9.98. The molecule has 2 rings (SSSR count). The number of nitrogens with zero attached hydrogens (tertiary/aromatic N) is 1. The number of rotatable bonds is 4. The fraction of sp³-hybridized carbons (Fsp3) is 0.647. The molecule has 0 aromatic heterocycles. The Kier molecular flexibility index (Phi) is 5.26. The second-order valence-electron chi connectivity index (χ2n) is 5.77. The molecule has 1 aromatic rings. The molecule has 0 aliphatic carbocycles. The van der Waals surface area contributed by atoms with Gasteiger partial charge in [0, 0.05) is 24.8 Å². The summed E-state index contributed by atoms with van der Waals surface area (Å²) in [5, 5.41) is 0. The Labute approximate surface area is 118 Å². The number of benzene rings is 1. The van der Waals surface area contributed by atoms with Crippen LogP contribution in [0.5, 0.6) is 0 Å². The third kappa shape index (κ3) is 3.50. The zero-order chi connectivity index (χ0) is 13.7. The Morgan fingerprint density at radius 1 is 1.21 bits per heavy atom. The molecule has 106 valence electrons. The second kappa shape index (κ2) is 6.95. The summed E-state index contributed by atoms with van der Waals surface area (Å²) in [7, 11) is 0. The van der Waals surface area contributed by atoms with E-state index in [1.54, 1.807) is 0 Å². The maximum atomic E-state index is 6.27. The van der Waals surface area contributed by atoms with Crippen molar-refractivity contribution in [3.8, 4) is 0 Å². The van der Waals surface area contributed by atoms with Gasteiger partial charge in [-0.15, -0.1) is 0 Å². The second-order valence-corrected chi connectivity index (χ2v) is 5.77. The third-order valence-corrected chi connectivity index (χ3v) is 4.54. The molecule has 1 heterocycles. The molecule has 2 N–H and O–H groups in total. The van der Waals surface area contributed by atoms with Gasteiger partial charge in [-0.1, -0.05) is 38.5 Å². The van der Waals surface area contributed by atoms with Crippen molar-refractivity contribution in [2.75, 3.05) is 18.0 Å². The average Bonchev–Trinajstić information content (AvgIpc) is 2.71. The lowest BCUT2D eigenvalue weighted by Gasteiger charge is -2.27. The molecule has 0 bridgehead atoms. The van der Waals surface area contributed by atoms with Crippen molar-refractivity contribution in [1.29, 1.82) is 0 Å². The van der Waals surface area contributed by atoms with Crippen LogP contribution >= 0.6 is 0 Å². The highest BCUT2D eigenvalue weighted by Gasteiger charge is 2.19. The number of para-hydroxylation sites is 1. The van der Waals surface area contributed by atoms with Crippen molar-refractivity contribution in [3.63, 3.8) is 0 Å². The molecule has 0 amide bonds. The number of anilines is 1. The highest BCUT2D eigenvalue weighted by atomic mass is 15.1. The lowest BCUT2D eigenvalue weighted by Crippen LogP contribution is -2.26. The van der Waals surface area contributed by atoms with E-state index in [0.29, 0.717) is 0 Å². The van der Waals surface area contributed by atoms with Gasteiger partial charge < -0.3 is 10.6 Å². The maximum Gasteiger partial charge on any atom is 0.0414 e. The quantitative estimate of drug-likeness (QED) is 0.882. The Bertz CT molecular complexity index is 389. The van der Waals surface area contributed by atoms with Gasteiger partial charge in [-0.25, -0.2) is 0 Å². The molecule has 0 spiro atoms. The molecular formula is C17H28N2. The van der Waals surface area contributed by atoms with Gasteiger partial charge in [-0.3, -0.25) is 0 Å². The summed E-state index contributed by atoms with van der Waals surface area (Å²) in [5.41, 5.74) is 8.96. The molecule has 0 radical (unpaired) electrons. The summed E-state index contributed by atoms with van der Waals surface area (Å²) in [5.74, 6) is 0.914. The molecule has 1 aliphatic rings. The van der Waals surface area contributed by atoms with E-state index in [4.69, 9.17) is 5.73 Å². The standard InChI is InChI=1S/C17H28N2/c1-3-14-8-7-12-19(13-11-14)17-10-6-5-9-15(17)16(18)4-2/h5-6,9-10,14,16H,3-4,7-8,11-13,18H2,1-2H3/t14?,16-/m1/s1. The zero-order valence-electron chi connectivity index (χ0n) is 12.4. The first kappa shape index (κ1) is 14.4. The molecule has 19 heavy (non-hydrogen) atoms. The van der Waals surface area contributed by atoms with Crippen LogP contribution in [0, 0.1) is 5.92 Å². The van der Waals surface area contributed by atoms with E-state index in [9.17, 15) is 0 Å². The van der Waals surface area contributed by atoms with Gasteiger partial charge in [0.2, 0.25) is 0 Å². The van der Waals surface area contributed by atoms with Crippen LogP contribution in [-0.2, 0) is 0 Å². The smallest absolute Gasteiger partial charge is 0.0414 e. The third-order valence-electron chi connectivity index (χ3n) is 4.54. The highest BCUT2D eigenvalue weighted by molar-refractivity contribution is 5.55. The van der Waals surface area contributed by atoms with E-state index in [0.717, 1.165) is 12.3 Å². The van der Waals surface area contributed by atoms with Crippen LogP contribution in [0.3, 0.4) is 0 Å². The van der Waals surface area contributed by atoms with E-state index in [2.05, 4.69) is 43.0 Å². The predicted molar refractivity (Wildman–Crippen MR) is 83.5 cm³/mol. The summed E-state index contributed by atoms with van der Waals surface area (Å²) >= 11 is 0. The van der Waals surface area contributed by atoms with Gasteiger partial charge in [0.15, 0.2) is 0 Å². The maximum absolute atomic E-state index is 6.27. The molecule has 1 unspecified atom stereocenters. The van der Waals surface area contributed by atoms with E-state index in [-0.39, 0.29) is 6.04 Å². The fourth-order valence-electron chi connectivity index (χ4n) is 3.12. The topological polar surface area (TPSA) is 29.3 Å². The van der Waals surface area contributed by atoms with Crippen LogP contribution in [0.1, 0.15) is 57.6 Å². The molecule has 2 atom stereocenters. The van der Waals surface area contributed by atoms with Crippen LogP contribution in [-0.4, -0.2) is 13.1 Å². The summed E-state index contributed by atoms with van der Waals surface area (Å²) < 4.78 is 0. The van der Waals surface area contributed by atoms with Gasteiger partial charge in [-0.05, 0) is 43.2 Å². The Hall–Kier alpha value is -1.02. The van der Waals surface area contributed by atoms with Gasteiger partial charge in [-0.2, -0.15) is 0 Å². The average molecular weight is 260 g/mol. The Balaban J connectivity index is 2.17. The minimum absolute atomic E-state index is 0.168. The van der Waals surface area contributed by atoms with Crippen LogP contribution < -0.4 is 10.6 Å². The zero-order valence-corrected chi connectivity index (χ0v) is 12.4. The molecule has 1 fully saturated rings. The van der Waals surface area contributed by atoms with Crippen molar-refractivity contribution >= 4 is 5.69 Å². The van der Waals surface area contributed by atoms with Crippen molar-refractivity contribution in [3.05, 3.63) is 29.8 Å². The SMILES string of the molecule is CCC1CCCN(c2ccccc2[C@H](N)CC)CC1. The summed E-state index contributed by atoms with van der Waals surface area (Å²) in [6.07, 6.45) is 6.35. The van der Waals surface area contributed by atoms with Crippen LogP contribution in [0.15, 0.2) is 24.3 Å². The molecule has 1 saturated heterocycles. The first-order valence-electron chi connectivity index (χ1n) is 7.85. The molecule has 2 heteroatoms. The fourth-order valence-corrected chi connectivity index (χ4v) is 3.12. The molecule has 2 nitrogen and oxygen atoms in total. The van der Waals surface area contributed by atoms with Gasteiger partial charge in [0.25, 0.3) is 0 Å². The van der Waals surface area contributed by atoms with E-state index >= 15 is 0 Å². The lowest BCUT2D eigenvalue weighted by molar-refractivity contribution is 0.459. The molecular weight excluding hydrogens is 232 g/mol. The van der Waals surface area contributed by atoms with Crippen LogP contribution in [0.4, 0.5) is 5.69 Å². The number of hydrogen-bond donors (Lipinski definition) is 1. The van der Waals surface area contributed by atoms with Crippen LogP contribution in [0.25, 0.3) is 0 Å².